The van der Waals surface area contributed by atoms with Crippen molar-refractivity contribution < 1.29 is 18.5 Å². The van der Waals surface area contributed by atoms with Crippen molar-refractivity contribution in [3.8, 4) is 0 Å². The standard InChI is InChI=1S/C20H23ClN2O3S/c1-15(18-9-5-6-10-19(18)21)22-13-20(24)23(16-7-3-2-4-8-16)17-11-12-27(25,26)14-17/h2-10,15,17,22H,11-14H2,1H3/p+1/t15-,17-/m1/s1. The predicted octanol–water partition coefficient (Wildman–Crippen LogP) is 2.18. The van der Waals surface area contributed by atoms with Gasteiger partial charge in [0.05, 0.1) is 17.5 Å². The first-order chi connectivity index (χ1) is 12.9. The number of nitrogens with two attached hydrogens (primary N) is 1. The van der Waals surface area contributed by atoms with Crippen LogP contribution in [0.4, 0.5) is 5.69 Å². The average molecular weight is 408 g/mol. The summed E-state index contributed by atoms with van der Waals surface area (Å²) in [5.41, 5.74) is 1.71. The van der Waals surface area contributed by atoms with Gasteiger partial charge in [0.15, 0.2) is 16.4 Å². The molecule has 0 unspecified atom stereocenters. The summed E-state index contributed by atoms with van der Waals surface area (Å²) in [4.78, 5) is 14.7. The number of halogens is 1. The van der Waals surface area contributed by atoms with Crippen molar-refractivity contribution >= 4 is 33.0 Å². The van der Waals surface area contributed by atoms with Crippen LogP contribution in [0.2, 0.25) is 5.02 Å². The molecule has 2 aromatic carbocycles. The van der Waals surface area contributed by atoms with Gasteiger partial charge in [0.2, 0.25) is 0 Å². The number of anilines is 1. The minimum atomic E-state index is -3.08. The molecule has 0 bridgehead atoms. The van der Waals surface area contributed by atoms with E-state index in [-0.39, 0.29) is 36.0 Å². The molecule has 0 aromatic heterocycles. The molecule has 3 rings (SSSR count). The molecule has 0 radical (unpaired) electrons. The lowest BCUT2D eigenvalue weighted by molar-refractivity contribution is -0.682. The molecule has 2 N–H and O–H groups in total. The molecule has 27 heavy (non-hydrogen) atoms. The Bertz CT molecular complexity index is 902. The van der Waals surface area contributed by atoms with Crippen molar-refractivity contribution in [2.45, 2.75) is 25.4 Å². The summed E-state index contributed by atoms with van der Waals surface area (Å²) in [6, 6.07) is 16.6. The molecule has 0 aliphatic carbocycles. The zero-order valence-electron chi connectivity index (χ0n) is 15.2. The second-order valence-electron chi connectivity index (χ2n) is 6.91. The minimum absolute atomic E-state index is 0.0209. The Morgan fingerprint density at radius 1 is 1.19 bits per heavy atom. The van der Waals surface area contributed by atoms with Crippen LogP contribution >= 0.6 is 11.6 Å². The van der Waals surface area contributed by atoms with Gasteiger partial charge in [-0.1, -0.05) is 48.0 Å². The van der Waals surface area contributed by atoms with Crippen molar-refractivity contribution in [3.05, 3.63) is 65.2 Å². The molecule has 1 saturated heterocycles. The van der Waals surface area contributed by atoms with Crippen LogP contribution in [0.25, 0.3) is 0 Å². The maximum absolute atomic E-state index is 13.0. The molecule has 0 spiro atoms. The number of para-hydroxylation sites is 1. The maximum atomic E-state index is 13.0. The van der Waals surface area contributed by atoms with E-state index >= 15 is 0 Å². The Morgan fingerprint density at radius 2 is 1.85 bits per heavy atom. The Balaban J connectivity index is 1.75. The molecule has 2 aromatic rings. The zero-order chi connectivity index (χ0) is 19.4. The number of carbonyl (C=O) groups is 1. The van der Waals surface area contributed by atoms with Crippen LogP contribution in [0, 0.1) is 0 Å². The number of hydrogen-bond acceptors (Lipinski definition) is 3. The van der Waals surface area contributed by atoms with Crippen molar-refractivity contribution in [2.75, 3.05) is 23.0 Å². The fourth-order valence-electron chi connectivity index (χ4n) is 3.47. The summed E-state index contributed by atoms with van der Waals surface area (Å²) in [6.45, 7) is 2.22. The van der Waals surface area contributed by atoms with Crippen LogP contribution in [0.1, 0.15) is 24.9 Å². The van der Waals surface area contributed by atoms with Crippen LogP contribution in [0.3, 0.4) is 0 Å². The molecule has 1 heterocycles. The molecule has 2 atom stereocenters. The van der Waals surface area contributed by atoms with Crippen molar-refractivity contribution in [1.82, 2.24) is 0 Å². The number of quaternary nitrogens is 1. The molecule has 1 fully saturated rings. The number of rotatable bonds is 6. The van der Waals surface area contributed by atoms with Gasteiger partial charge >= 0.3 is 0 Å². The minimum Gasteiger partial charge on any atom is -0.332 e. The first kappa shape index (κ1) is 19.9. The molecule has 1 amide bonds. The lowest BCUT2D eigenvalue weighted by Crippen LogP contribution is -2.87. The molecule has 7 heteroatoms. The Morgan fingerprint density at radius 3 is 2.48 bits per heavy atom. The molecular weight excluding hydrogens is 384 g/mol. The average Bonchev–Trinajstić information content (AvgIpc) is 3.00. The summed E-state index contributed by atoms with van der Waals surface area (Å²) in [5.74, 6) is 0.0593. The van der Waals surface area contributed by atoms with E-state index in [2.05, 4.69) is 0 Å². The Hall–Kier alpha value is -1.89. The highest BCUT2D eigenvalue weighted by atomic mass is 35.5. The SMILES string of the molecule is C[C@@H]([NH2+]CC(=O)N(c1ccccc1)[C@@H]1CCS(=O)(=O)C1)c1ccccc1Cl. The maximum Gasteiger partial charge on any atom is 0.282 e. The van der Waals surface area contributed by atoms with E-state index in [1.54, 1.807) is 4.90 Å². The first-order valence-electron chi connectivity index (χ1n) is 9.02. The van der Waals surface area contributed by atoms with Crippen molar-refractivity contribution in [3.63, 3.8) is 0 Å². The third-order valence-electron chi connectivity index (χ3n) is 4.92. The van der Waals surface area contributed by atoms with E-state index in [4.69, 9.17) is 11.6 Å². The van der Waals surface area contributed by atoms with E-state index < -0.39 is 9.84 Å². The quantitative estimate of drug-likeness (QED) is 0.797. The van der Waals surface area contributed by atoms with Gasteiger partial charge in [0, 0.05) is 16.3 Å². The van der Waals surface area contributed by atoms with Crippen LogP contribution in [0.15, 0.2) is 54.6 Å². The van der Waals surface area contributed by atoms with Crippen molar-refractivity contribution in [2.24, 2.45) is 0 Å². The van der Waals surface area contributed by atoms with Gasteiger partial charge in [-0.2, -0.15) is 0 Å². The van der Waals surface area contributed by atoms with Gasteiger partial charge in [0.25, 0.3) is 5.91 Å². The second kappa shape index (κ2) is 8.42. The number of benzene rings is 2. The number of sulfone groups is 1. The number of nitrogens with zero attached hydrogens (tertiary/aromatic N) is 1. The van der Waals surface area contributed by atoms with E-state index in [0.29, 0.717) is 11.4 Å². The topological polar surface area (TPSA) is 71.1 Å². The summed E-state index contributed by atoms with van der Waals surface area (Å²) in [7, 11) is -3.08. The van der Waals surface area contributed by atoms with E-state index in [9.17, 15) is 13.2 Å². The van der Waals surface area contributed by atoms with E-state index in [0.717, 1.165) is 11.3 Å². The highest BCUT2D eigenvalue weighted by Crippen LogP contribution is 2.24. The van der Waals surface area contributed by atoms with E-state index in [1.807, 2.05) is 66.8 Å². The van der Waals surface area contributed by atoms with Gasteiger partial charge in [0.1, 0.15) is 6.04 Å². The Kier molecular flexibility index (Phi) is 6.19. The van der Waals surface area contributed by atoms with Gasteiger partial charge in [-0.3, -0.25) is 4.79 Å². The van der Waals surface area contributed by atoms with Crippen LogP contribution in [-0.4, -0.2) is 38.4 Å². The third kappa shape index (κ3) is 4.89. The van der Waals surface area contributed by atoms with Crippen molar-refractivity contribution in [1.29, 1.82) is 0 Å². The summed E-state index contributed by atoms with van der Waals surface area (Å²) in [5, 5.41) is 2.61. The summed E-state index contributed by atoms with van der Waals surface area (Å²) in [6.07, 6.45) is 0.475. The van der Waals surface area contributed by atoms with Gasteiger partial charge in [-0.25, -0.2) is 8.42 Å². The normalized spacial score (nSPS) is 19.6. The van der Waals surface area contributed by atoms with Crippen LogP contribution in [-0.2, 0) is 14.6 Å². The molecule has 0 saturated carbocycles. The molecular formula is C20H24ClN2O3S+. The monoisotopic (exact) mass is 407 g/mol. The first-order valence-corrected chi connectivity index (χ1v) is 11.2. The molecule has 1 aliphatic rings. The van der Waals surface area contributed by atoms with Gasteiger partial charge < -0.3 is 10.2 Å². The summed E-state index contributed by atoms with van der Waals surface area (Å²) < 4.78 is 23.9. The number of hydrogen-bond donors (Lipinski definition) is 1. The number of carbonyl (C=O) groups excluding carboxylic acids is 1. The summed E-state index contributed by atoms with van der Waals surface area (Å²) >= 11 is 6.25. The number of amides is 1. The predicted molar refractivity (Wildman–Crippen MR) is 108 cm³/mol. The molecule has 1 aliphatic heterocycles. The highest BCUT2D eigenvalue weighted by Gasteiger charge is 2.36. The van der Waals surface area contributed by atoms with E-state index in [1.165, 1.54) is 0 Å². The largest absolute Gasteiger partial charge is 0.332 e. The lowest BCUT2D eigenvalue weighted by atomic mass is 10.1. The molecule has 5 nitrogen and oxygen atoms in total. The fraction of sp³-hybridized carbons (Fsp3) is 0.350. The lowest BCUT2D eigenvalue weighted by Gasteiger charge is -2.28. The zero-order valence-corrected chi connectivity index (χ0v) is 16.8. The van der Waals surface area contributed by atoms with Crippen LogP contribution in [0.5, 0.6) is 0 Å². The smallest absolute Gasteiger partial charge is 0.282 e. The second-order valence-corrected chi connectivity index (χ2v) is 9.54. The fourth-order valence-corrected chi connectivity index (χ4v) is 5.48. The van der Waals surface area contributed by atoms with Crippen LogP contribution < -0.4 is 10.2 Å². The van der Waals surface area contributed by atoms with Gasteiger partial charge in [-0.05, 0) is 31.5 Å². The van der Waals surface area contributed by atoms with Gasteiger partial charge in [-0.15, -0.1) is 0 Å². The third-order valence-corrected chi connectivity index (χ3v) is 7.01. The molecule has 144 valence electrons. The highest BCUT2D eigenvalue weighted by molar-refractivity contribution is 7.91. The Labute approximate surface area is 165 Å².